The number of rotatable bonds is 6. The van der Waals surface area contributed by atoms with Crippen molar-refractivity contribution in [3.63, 3.8) is 0 Å². The quantitative estimate of drug-likeness (QED) is 0.586. The van der Waals surface area contributed by atoms with Gasteiger partial charge in [-0.2, -0.15) is 0 Å². The van der Waals surface area contributed by atoms with E-state index in [1.165, 1.54) is 10.5 Å². The second-order valence-electron chi connectivity index (χ2n) is 4.74. The highest BCUT2D eigenvalue weighted by atomic mass is 32.2. The van der Waals surface area contributed by atoms with E-state index in [0.717, 1.165) is 11.4 Å². The summed E-state index contributed by atoms with van der Waals surface area (Å²) < 4.78 is 0. The highest BCUT2D eigenvalue weighted by molar-refractivity contribution is 7.99. The Hall–Kier alpha value is -2.77. The van der Waals surface area contributed by atoms with Crippen LogP contribution in [-0.4, -0.2) is 34.3 Å². The molecule has 132 valence electrons. The van der Waals surface area contributed by atoms with Crippen LogP contribution in [0.3, 0.4) is 0 Å². The Morgan fingerprint density at radius 3 is 2.08 bits per heavy atom. The number of hydrogen-bond acceptors (Lipinski definition) is 5. The first-order valence-electron chi connectivity index (χ1n) is 7.25. The number of hydrogen-bond donors (Lipinski definition) is 4. The predicted molar refractivity (Wildman–Crippen MR) is 95.8 cm³/mol. The molecule has 6 nitrogen and oxygen atoms in total. The third-order valence-corrected chi connectivity index (χ3v) is 3.90. The molecule has 0 saturated heterocycles. The number of carboxylic acids is 2. The minimum atomic E-state index is -1.26. The van der Waals surface area contributed by atoms with Crippen LogP contribution < -0.4 is 5.32 Å². The van der Waals surface area contributed by atoms with Crippen molar-refractivity contribution >= 4 is 23.7 Å². The van der Waals surface area contributed by atoms with Crippen LogP contribution in [-0.2, 0) is 16.1 Å². The average molecular weight is 361 g/mol. The molecule has 2 rings (SSSR count). The van der Waals surface area contributed by atoms with Crippen LogP contribution in [0.2, 0.25) is 0 Å². The van der Waals surface area contributed by atoms with Crippen LogP contribution in [0.15, 0.2) is 70.5 Å². The molecule has 0 aliphatic carbocycles. The SMILES string of the molecule is CNCc1ccccc1Sc1ccc(O)cc1.O=C(O)C=CC(=O)O. The van der Waals surface area contributed by atoms with Crippen molar-refractivity contribution in [2.45, 2.75) is 16.3 Å². The lowest BCUT2D eigenvalue weighted by molar-refractivity contribution is -0.134. The molecule has 0 radical (unpaired) electrons. The van der Waals surface area contributed by atoms with Gasteiger partial charge in [-0.15, -0.1) is 0 Å². The molecular formula is C18H19NO5S. The second-order valence-corrected chi connectivity index (χ2v) is 5.86. The van der Waals surface area contributed by atoms with Crippen molar-refractivity contribution in [1.29, 1.82) is 0 Å². The summed E-state index contributed by atoms with van der Waals surface area (Å²) >= 11 is 1.71. The summed E-state index contributed by atoms with van der Waals surface area (Å²) in [5.41, 5.74) is 1.29. The molecule has 0 unspecified atom stereocenters. The van der Waals surface area contributed by atoms with E-state index in [4.69, 9.17) is 10.2 Å². The van der Waals surface area contributed by atoms with Crippen molar-refractivity contribution in [3.8, 4) is 5.75 Å². The lowest BCUT2D eigenvalue weighted by atomic mass is 10.2. The smallest absolute Gasteiger partial charge is 0.328 e. The maximum Gasteiger partial charge on any atom is 0.328 e. The van der Waals surface area contributed by atoms with Gasteiger partial charge < -0.3 is 20.6 Å². The van der Waals surface area contributed by atoms with E-state index < -0.39 is 11.9 Å². The van der Waals surface area contributed by atoms with Crippen molar-refractivity contribution in [2.24, 2.45) is 0 Å². The summed E-state index contributed by atoms with van der Waals surface area (Å²) in [7, 11) is 1.95. The van der Waals surface area contributed by atoms with Crippen LogP contribution in [0.25, 0.3) is 0 Å². The summed E-state index contributed by atoms with van der Waals surface area (Å²) in [4.78, 5) is 21.5. The molecule has 0 heterocycles. The maximum atomic E-state index is 9.55. The van der Waals surface area contributed by atoms with Gasteiger partial charge in [-0.3, -0.25) is 0 Å². The largest absolute Gasteiger partial charge is 0.508 e. The highest BCUT2D eigenvalue weighted by Gasteiger charge is 2.03. The monoisotopic (exact) mass is 361 g/mol. The molecule has 0 amide bonds. The van der Waals surface area contributed by atoms with Crippen LogP contribution in [0.4, 0.5) is 0 Å². The Labute approximate surface area is 149 Å². The normalized spacial score (nSPS) is 10.1. The minimum Gasteiger partial charge on any atom is -0.508 e. The molecule has 0 atom stereocenters. The van der Waals surface area contributed by atoms with Crippen LogP contribution in [0.1, 0.15) is 5.56 Å². The molecule has 4 N–H and O–H groups in total. The zero-order valence-electron chi connectivity index (χ0n) is 13.5. The molecule has 0 bridgehead atoms. The Morgan fingerprint density at radius 1 is 1.00 bits per heavy atom. The summed E-state index contributed by atoms with van der Waals surface area (Å²) in [5.74, 6) is -2.21. The van der Waals surface area contributed by atoms with Gasteiger partial charge in [0.1, 0.15) is 5.75 Å². The van der Waals surface area contributed by atoms with Gasteiger partial charge in [-0.1, -0.05) is 30.0 Å². The van der Waals surface area contributed by atoms with Crippen molar-refractivity contribution in [3.05, 3.63) is 66.2 Å². The summed E-state index contributed by atoms with van der Waals surface area (Å²) in [6.07, 6.45) is 1.12. The summed E-state index contributed by atoms with van der Waals surface area (Å²) in [6, 6.07) is 15.6. The number of aliphatic carboxylic acids is 2. The van der Waals surface area contributed by atoms with Gasteiger partial charge in [0.05, 0.1) is 0 Å². The lowest BCUT2D eigenvalue weighted by Gasteiger charge is -2.08. The zero-order valence-corrected chi connectivity index (χ0v) is 14.4. The molecule has 0 aliphatic rings. The van der Waals surface area contributed by atoms with Crippen LogP contribution in [0, 0.1) is 0 Å². The molecular weight excluding hydrogens is 342 g/mol. The van der Waals surface area contributed by atoms with Gasteiger partial charge in [-0.25, -0.2) is 9.59 Å². The lowest BCUT2D eigenvalue weighted by Crippen LogP contribution is -2.05. The number of aromatic hydroxyl groups is 1. The second kappa shape index (κ2) is 10.9. The molecule has 2 aromatic carbocycles. The minimum absolute atomic E-state index is 0.304. The van der Waals surface area contributed by atoms with E-state index in [1.54, 1.807) is 23.9 Å². The Balaban J connectivity index is 0.000000333. The molecule has 7 heteroatoms. The molecule has 0 fully saturated rings. The molecule has 0 saturated carbocycles. The van der Waals surface area contributed by atoms with Gasteiger partial charge in [0.25, 0.3) is 0 Å². The number of carbonyl (C=O) groups is 2. The topological polar surface area (TPSA) is 107 Å². The molecule has 0 spiro atoms. The van der Waals surface area contributed by atoms with E-state index in [-0.39, 0.29) is 0 Å². The Morgan fingerprint density at radius 2 is 1.56 bits per heavy atom. The number of benzene rings is 2. The third kappa shape index (κ3) is 8.59. The molecule has 25 heavy (non-hydrogen) atoms. The van der Waals surface area contributed by atoms with Gasteiger partial charge in [-0.05, 0) is 42.9 Å². The fraction of sp³-hybridized carbons (Fsp3) is 0.111. The van der Waals surface area contributed by atoms with E-state index in [0.29, 0.717) is 17.9 Å². The van der Waals surface area contributed by atoms with Gasteiger partial charge >= 0.3 is 11.9 Å². The third-order valence-electron chi connectivity index (χ3n) is 2.77. The van der Waals surface area contributed by atoms with E-state index in [1.807, 2.05) is 31.3 Å². The van der Waals surface area contributed by atoms with Gasteiger partial charge in [0.2, 0.25) is 0 Å². The standard InChI is InChI=1S/C14H15NOS.C4H4O4/c1-15-10-11-4-2-3-5-14(11)17-13-8-6-12(16)7-9-13;5-3(6)1-2-4(7)8/h2-9,15-16H,10H2,1H3;1-2H,(H,5,6)(H,7,8). The van der Waals surface area contributed by atoms with E-state index >= 15 is 0 Å². The maximum absolute atomic E-state index is 9.55. The molecule has 0 aromatic heterocycles. The number of phenols is 1. The van der Waals surface area contributed by atoms with Crippen LogP contribution in [0.5, 0.6) is 5.75 Å². The Kier molecular flexibility index (Phi) is 8.84. The zero-order chi connectivity index (χ0) is 18.7. The van der Waals surface area contributed by atoms with Crippen molar-refractivity contribution in [1.82, 2.24) is 5.32 Å². The summed E-state index contributed by atoms with van der Waals surface area (Å²) in [6.45, 7) is 0.862. The first kappa shape index (κ1) is 20.3. The highest BCUT2D eigenvalue weighted by Crippen LogP contribution is 2.31. The number of phenolic OH excluding ortho intramolecular Hbond substituents is 1. The predicted octanol–water partition coefficient (Wildman–Crippen LogP) is 2.97. The van der Waals surface area contributed by atoms with Gasteiger partial charge in [0, 0.05) is 28.5 Å². The first-order chi connectivity index (χ1) is 11.9. The van der Waals surface area contributed by atoms with Gasteiger partial charge in [0.15, 0.2) is 0 Å². The molecule has 2 aromatic rings. The van der Waals surface area contributed by atoms with Crippen molar-refractivity contribution in [2.75, 3.05) is 7.05 Å². The Bertz CT molecular complexity index is 713. The average Bonchev–Trinajstić information content (AvgIpc) is 2.58. The van der Waals surface area contributed by atoms with Crippen molar-refractivity contribution < 1.29 is 24.9 Å². The number of nitrogens with one attached hydrogen (secondary N) is 1. The fourth-order valence-electron chi connectivity index (χ4n) is 1.72. The fourth-order valence-corrected chi connectivity index (χ4v) is 2.67. The number of carboxylic acid groups (broad SMARTS) is 2. The van der Waals surface area contributed by atoms with E-state index in [2.05, 4.69) is 17.4 Å². The van der Waals surface area contributed by atoms with Crippen LogP contribution >= 0.6 is 11.8 Å². The first-order valence-corrected chi connectivity index (χ1v) is 8.07. The van der Waals surface area contributed by atoms with E-state index in [9.17, 15) is 14.7 Å². The summed E-state index contributed by atoms with van der Waals surface area (Å²) in [5, 5.41) is 28.0. The molecule has 0 aliphatic heterocycles.